The molecule has 1 unspecified atom stereocenters. The summed E-state index contributed by atoms with van der Waals surface area (Å²) in [6, 6.07) is 7.33. The number of benzene rings is 1. The monoisotopic (exact) mass is 268 g/mol. The quantitative estimate of drug-likeness (QED) is 0.695. The van der Waals surface area contributed by atoms with Gasteiger partial charge in [-0.1, -0.05) is 25.5 Å². The van der Waals surface area contributed by atoms with E-state index in [1.165, 1.54) is 0 Å². The molecular weight excluding hydrogens is 248 g/mol. The van der Waals surface area contributed by atoms with E-state index in [1.54, 1.807) is 11.8 Å². The third-order valence-electron chi connectivity index (χ3n) is 2.48. The molecule has 0 aromatic heterocycles. The Morgan fingerprint density at radius 3 is 2.83 bits per heavy atom. The standard InChI is InChI=1S/C13H20N2O2S/c1-3-6-10(16)9-14-13(17)15-11-7-4-5-8-12(11)18-2/h4-5,7-8,10,16H,3,6,9H2,1-2H3,(H2,14,15,17). The highest BCUT2D eigenvalue weighted by atomic mass is 32.2. The summed E-state index contributed by atoms with van der Waals surface area (Å²) in [7, 11) is 0. The number of urea groups is 1. The van der Waals surface area contributed by atoms with Crippen LogP contribution in [0.2, 0.25) is 0 Å². The van der Waals surface area contributed by atoms with Crippen molar-refractivity contribution in [2.24, 2.45) is 0 Å². The fourth-order valence-electron chi connectivity index (χ4n) is 1.56. The number of para-hydroxylation sites is 1. The maximum absolute atomic E-state index is 11.6. The molecule has 0 aliphatic heterocycles. The average Bonchev–Trinajstić information content (AvgIpc) is 2.37. The molecule has 4 nitrogen and oxygen atoms in total. The minimum absolute atomic E-state index is 0.279. The van der Waals surface area contributed by atoms with Crippen LogP contribution in [0, 0.1) is 0 Å². The first kappa shape index (κ1) is 14.9. The molecule has 100 valence electrons. The predicted octanol–water partition coefficient (Wildman–Crippen LogP) is 2.69. The number of carbonyl (C=O) groups excluding carboxylic acids is 1. The van der Waals surface area contributed by atoms with Gasteiger partial charge in [-0.05, 0) is 24.8 Å². The van der Waals surface area contributed by atoms with Crippen molar-refractivity contribution in [1.82, 2.24) is 5.32 Å². The summed E-state index contributed by atoms with van der Waals surface area (Å²) in [4.78, 5) is 12.7. The van der Waals surface area contributed by atoms with Crippen molar-refractivity contribution in [3.8, 4) is 0 Å². The lowest BCUT2D eigenvalue weighted by atomic mass is 10.2. The van der Waals surface area contributed by atoms with E-state index in [9.17, 15) is 9.90 Å². The second-order valence-electron chi connectivity index (χ2n) is 3.98. The summed E-state index contributed by atoms with van der Waals surface area (Å²) in [6.07, 6.45) is 3.08. The van der Waals surface area contributed by atoms with E-state index < -0.39 is 6.10 Å². The Labute approximate surface area is 112 Å². The minimum atomic E-state index is -0.475. The van der Waals surface area contributed by atoms with Crippen LogP contribution in [0.4, 0.5) is 10.5 Å². The van der Waals surface area contributed by atoms with Crippen LogP contribution in [0.5, 0.6) is 0 Å². The van der Waals surface area contributed by atoms with Gasteiger partial charge in [0.2, 0.25) is 0 Å². The normalized spacial score (nSPS) is 11.9. The second-order valence-corrected chi connectivity index (χ2v) is 4.83. The van der Waals surface area contributed by atoms with Gasteiger partial charge in [0.05, 0.1) is 11.8 Å². The van der Waals surface area contributed by atoms with Gasteiger partial charge < -0.3 is 15.7 Å². The first-order valence-corrected chi connectivity index (χ1v) is 7.25. The topological polar surface area (TPSA) is 61.4 Å². The maximum atomic E-state index is 11.6. The molecule has 0 fully saturated rings. The number of anilines is 1. The number of amides is 2. The first-order chi connectivity index (χ1) is 8.67. The third-order valence-corrected chi connectivity index (χ3v) is 3.27. The first-order valence-electron chi connectivity index (χ1n) is 6.03. The van der Waals surface area contributed by atoms with Gasteiger partial charge in [-0.15, -0.1) is 11.8 Å². The van der Waals surface area contributed by atoms with E-state index in [4.69, 9.17) is 0 Å². The molecule has 0 saturated carbocycles. The van der Waals surface area contributed by atoms with Gasteiger partial charge in [0.25, 0.3) is 0 Å². The Balaban J connectivity index is 2.44. The average molecular weight is 268 g/mol. The van der Waals surface area contributed by atoms with Crippen LogP contribution in [0.25, 0.3) is 0 Å². The number of nitrogens with one attached hydrogen (secondary N) is 2. The van der Waals surface area contributed by atoms with Crippen LogP contribution >= 0.6 is 11.8 Å². The number of hydrogen-bond acceptors (Lipinski definition) is 3. The molecule has 5 heteroatoms. The molecule has 3 N–H and O–H groups in total. The molecule has 1 aromatic rings. The van der Waals surface area contributed by atoms with Gasteiger partial charge in [0, 0.05) is 11.4 Å². The van der Waals surface area contributed by atoms with E-state index in [0.29, 0.717) is 6.42 Å². The fourth-order valence-corrected chi connectivity index (χ4v) is 2.11. The smallest absolute Gasteiger partial charge is 0.319 e. The van der Waals surface area contributed by atoms with E-state index in [-0.39, 0.29) is 12.6 Å². The minimum Gasteiger partial charge on any atom is -0.391 e. The number of aliphatic hydroxyl groups is 1. The van der Waals surface area contributed by atoms with Crippen LogP contribution < -0.4 is 10.6 Å². The van der Waals surface area contributed by atoms with Crippen molar-refractivity contribution < 1.29 is 9.90 Å². The van der Waals surface area contributed by atoms with Gasteiger partial charge in [-0.2, -0.15) is 0 Å². The summed E-state index contributed by atoms with van der Waals surface area (Å²) >= 11 is 1.58. The number of hydrogen-bond donors (Lipinski definition) is 3. The third kappa shape index (κ3) is 4.98. The number of carbonyl (C=O) groups is 1. The Morgan fingerprint density at radius 2 is 2.17 bits per heavy atom. The van der Waals surface area contributed by atoms with Crippen LogP contribution in [-0.4, -0.2) is 30.0 Å². The number of thioether (sulfide) groups is 1. The zero-order valence-corrected chi connectivity index (χ0v) is 11.6. The Morgan fingerprint density at radius 1 is 1.44 bits per heavy atom. The van der Waals surface area contributed by atoms with E-state index in [0.717, 1.165) is 17.0 Å². The molecule has 0 aliphatic rings. The summed E-state index contributed by atoms with van der Waals surface area (Å²) in [6.45, 7) is 2.28. The molecule has 1 atom stereocenters. The SMILES string of the molecule is CCCC(O)CNC(=O)Nc1ccccc1SC. The molecule has 2 amide bonds. The van der Waals surface area contributed by atoms with E-state index in [1.807, 2.05) is 37.4 Å². The summed E-state index contributed by atoms with van der Waals surface area (Å²) in [5, 5.41) is 15.0. The zero-order valence-electron chi connectivity index (χ0n) is 10.8. The molecule has 18 heavy (non-hydrogen) atoms. The molecule has 0 bridgehead atoms. The molecule has 0 radical (unpaired) electrons. The molecular formula is C13H20N2O2S. The summed E-state index contributed by atoms with van der Waals surface area (Å²) < 4.78 is 0. The van der Waals surface area contributed by atoms with Crippen molar-refractivity contribution in [2.75, 3.05) is 18.1 Å². The molecule has 1 rings (SSSR count). The summed E-state index contributed by atoms with van der Waals surface area (Å²) in [5.41, 5.74) is 0.785. The van der Waals surface area contributed by atoms with Gasteiger partial charge in [-0.3, -0.25) is 0 Å². The van der Waals surface area contributed by atoms with Crippen LogP contribution in [0.3, 0.4) is 0 Å². The van der Waals surface area contributed by atoms with Gasteiger partial charge in [-0.25, -0.2) is 4.79 Å². The zero-order chi connectivity index (χ0) is 13.4. The second kappa shape index (κ2) is 8.00. The van der Waals surface area contributed by atoms with Crippen LogP contribution in [0.1, 0.15) is 19.8 Å². The largest absolute Gasteiger partial charge is 0.391 e. The van der Waals surface area contributed by atoms with Crippen molar-refractivity contribution in [1.29, 1.82) is 0 Å². The molecule has 0 spiro atoms. The molecule has 0 saturated heterocycles. The van der Waals surface area contributed by atoms with Crippen LogP contribution in [-0.2, 0) is 0 Å². The molecule has 1 aromatic carbocycles. The van der Waals surface area contributed by atoms with Crippen LogP contribution in [0.15, 0.2) is 29.2 Å². The Hall–Kier alpha value is -1.20. The van der Waals surface area contributed by atoms with Crippen molar-refractivity contribution >= 4 is 23.5 Å². The fraction of sp³-hybridized carbons (Fsp3) is 0.462. The Kier molecular flexibility index (Phi) is 6.60. The van der Waals surface area contributed by atoms with Gasteiger partial charge in [0.15, 0.2) is 0 Å². The van der Waals surface area contributed by atoms with Crippen molar-refractivity contribution in [2.45, 2.75) is 30.8 Å². The lowest BCUT2D eigenvalue weighted by Gasteiger charge is -2.13. The Bertz CT molecular complexity index is 385. The van der Waals surface area contributed by atoms with E-state index >= 15 is 0 Å². The molecule has 0 heterocycles. The highest BCUT2D eigenvalue weighted by molar-refractivity contribution is 7.98. The highest BCUT2D eigenvalue weighted by Gasteiger charge is 2.07. The number of aliphatic hydroxyl groups excluding tert-OH is 1. The van der Waals surface area contributed by atoms with Crippen molar-refractivity contribution in [3.63, 3.8) is 0 Å². The predicted molar refractivity (Wildman–Crippen MR) is 76.2 cm³/mol. The van der Waals surface area contributed by atoms with Gasteiger partial charge in [0.1, 0.15) is 0 Å². The maximum Gasteiger partial charge on any atom is 0.319 e. The lowest BCUT2D eigenvalue weighted by Crippen LogP contribution is -2.35. The van der Waals surface area contributed by atoms with Gasteiger partial charge >= 0.3 is 6.03 Å². The highest BCUT2D eigenvalue weighted by Crippen LogP contribution is 2.24. The summed E-state index contributed by atoms with van der Waals surface area (Å²) in [5.74, 6) is 0. The lowest BCUT2D eigenvalue weighted by molar-refractivity contribution is 0.162. The van der Waals surface area contributed by atoms with E-state index in [2.05, 4.69) is 10.6 Å². The van der Waals surface area contributed by atoms with Crippen molar-refractivity contribution in [3.05, 3.63) is 24.3 Å². The number of rotatable bonds is 6. The molecule has 0 aliphatic carbocycles.